The summed E-state index contributed by atoms with van der Waals surface area (Å²) in [6.45, 7) is 4.15. The molecule has 0 heterocycles. The third-order valence-electron chi connectivity index (χ3n) is 1.14. The molecule has 0 bridgehead atoms. The van der Waals surface area contributed by atoms with E-state index in [4.69, 9.17) is 12.2 Å². The first-order valence-electron chi connectivity index (χ1n) is 4.18. The Bertz CT molecular complexity index is 155. The molecule has 2 nitrogen and oxygen atoms in total. The van der Waals surface area contributed by atoms with Crippen LogP contribution in [0.1, 0.15) is 26.7 Å². The summed E-state index contributed by atoms with van der Waals surface area (Å²) >= 11 is 4.96. The number of hydrogen-bond acceptors (Lipinski definition) is 1. The predicted octanol–water partition coefficient (Wildman–Crippen LogP) is 2.30. The normalized spacial score (nSPS) is 10.8. The summed E-state index contributed by atoms with van der Waals surface area (Å²) in [4.78, 5) is 0. The molecule has 0 spiro atoms. The lowest BCUT2D eigenvalue weighted by molar-refractivity contribution is 1.11. The van der Waals surface area contributed by atoms with Crippen LogP contribution in [0.3, 0.4) is 0 Å². The van der Waals surface area contributed by atoms with Gasteiger partial charge in [-0.15, -0.1) is 0 Å². The standard InChI is InChI=1S/C9H16N2S/c1-3-5-7-10-9(12)11-8-6-4-2/h5-8H,3-4H2,1-2H3,(H2,10,11,12)/b7-5+,8-6+. The van der Waals surface area contributed by atoms with Crippen molar-refractivity contribution in [2.24, 2.45) is 0 Å². The number of nitrogens with one attached hydrogen (secondary N) is 2. The average molecular weight is 184 g/mol. The van der Waals surface area contributed by atoms with Crippen molar-refractivity contribution in [2.75, 3.05) is 0 Å². The van der Waals surface area contributed by atoms with E-state index in [0.717, 1.165) is 12.8 Å². The molecule has 0 aromatic heterocycles. The fraction of sp³-hybridized carbons (Fsp3) is 0.444. The Balaban J connectivity index is 3.46. The van der Waals surface area contributed by atoms with Gasteiger partial charge in [0.15, 0.2) is 5.11 Å². The first-order valence-corrected chi connectivity index (χ1v) is 4.59. The molecule has 0 unspecified atom stereocenters. The van der Waals surface area contributed by atoms with Crippen molar-refractivity contribution in [3.05, 3.63) is 24.6 Å². The zero-order valence-electron chi connectivity index (χ0n) is 7.63. The molecule has 0 aliphatic carbocycles. The minimum absolute atomic E-state index is 0.629. The van der Waals surface area contributed by atoms with Gasteiger partial charge in [-0.25, -0.2) is 0 Å². The molecule has 12 heavy (non-hydrogen) atoms. The summed E-state index contributed by atoms with van der Waals surface area (Å²) < 4.78 is 0. The highest BCUT2D eigenvalue weighted by Crippen LogP contribution is 1.78. The second-order valence-corrected chi connectivity index (χ2v) is 2.65. The number of thiocarbonyl (C=S) groups is 1. The molecule has 2 N–H and O–H groups in total. The third-order valence-corrected chi connectivity index (χ3v) is 1.37. The van der Waals surface area contributed by atoms with E-state index in [1.807, 2.05) is 24.6 Å². The van der Waals surface area contributed by atoms with E-state index < -0.39 is 0 Å². The Morgan fingerprint density at radius 3 is 1.83 bits per heavy atom. The first kappa shape index (κ1) is 11.2. The Kier molecular flexibility index (Phi) is 7.70. The second kappa shape index (κ2) is 8.27. The molecule has 0 aliphatic heterocycles. The smallest absolute Gasteiger partial charge is 0.174 e. The van der Waals surface area contributed by atoms with E-state index in [1.54, 1.807) is 0 Å². The number of rotatable bonds is 4. The second-order valence-electron chi connectivity index (χ2n) is 2.24. The molecular weight excluding hydrogens is 168 g/mol. The van der Waals surface area contributed by atoms with Crippen molar-refractivity contribution in [3.63, 3.8) is 0 Å². The molecule has 0 aromatic carbocycles. The van der Waals surface area contributed by atoms with Crippen LogP contribution >= 0.6 is 12.2 Å². The molecule has 0 radical (unpaired) electrons. The van der Waals surface area contributed by atoms with Gasteiger partial charge in [0.2, 0.25) is 0 Å². The third kappa shape index (κ3) is 7.28. The highest BCUT2D eigenvalue weighted by molar-refractivity contribution is 7.80. The van der Waals surface area contributed by atoms with Crippen LogP contribution in [0.25, 0.3) is 0 Å². The highest BCUT2D eigenvalue weighted by Gasteiger charge is 1.83. The lowest BCUT2D eigenvalue weighted by Gasteiger charge is -2.00. The van der Waals surface area contributed by atoms with Gasteiger partial charge in [0.1, 0.15) is 0 Å². The zero-order valence-corrected chi connectivity index (χ0v) is 8.45. The van der Waals surface area contributed by atoms with Crippen molar-refractivity contribution in [1.29, 1.82) is 0 Å². The summed E-state index contributed by atoms with van der Waals surface area (Å²) in [6, 6.07) is 0. The summed E-state index contributed by atoms with van der Waals surface area (Å²) in [7, 11) is 0. The van der Waals surface area contributed by atoms with Gasteiger partial charge in [0, 0.05) is 0 Å². The fourth-order valence-electron chi connectivity index (χ4n) is 0.547. The van der Waals surface area contributed by atoms with E-state index in [1.165, 1.54) is 0 Å². The summed E-state index contributed by atoms with van der Waals surface area (Å²) in [5, 5.41) is 6.49. The van der Waals surface area contributed by atoms with Crippen molar-refractivity contribution in [2.45, 2.75) is 26.7 Å². The van der Waals surface area contributed by atoms with Gasteiger partial charge in [-0.05, 0) is 37.5 Å². The Hall–Kier alpha value is -0.830. The maximum atomic E-state index is 4.96. The van der Waals surface area contributed by atoms with Gasteiger partial charge in [-0.2, -0.15) is 0 Å². The molecule has 0 aliphatic rings. The fourth-order valence-corrected chi connectivity index (χ4v) is 0.683. The monoisotopic (exact) mass is 184 g/mol. The lowest BCUT2D eigenvalue weighted by atomic mass is 10.5. The van der Waals surface area contributed by atoms with Crippen LogP contribution in [0.2, 0.25) is 0 Å². The lowest BCUT2D eigenvalue weighted by Crippen LogP contribution is -2.27. The predicted molar refractivity (Wildman–Crippen MR) is 57.7 cm³/mol. The van der Waals surface area contributed by atoms with Crippen LogP contribution in [0, 0.1) is 0 Å². The van der Waals surface area contributed by atoms with Crippen molar-refractivity contribution < 1.29 is 0 Å². The van der Waals surface area contributed by atoms with Crippen LogP contribution in [-0.2, 0) is 0 Å². The molecule has 0 atom stereocenters. The topological polar surface area (TPSA) is 24.1 Å². The molecule has 0 fully saturated rings. The molecule has 3 heteroatoms. The van der Waals surface area contributed by atoms with Crippen LogP contribution in [0.15, 0.2) is 24.6 Å². The van der Waals surface area contributed by atoms with Crippen molar-refractivity contribution >= 4 is 17.3 Å². The minimum atomic E-state index is 0.629. The van der Waals surface area contributed by atoms with Crippen LogP contribution in [-0.4, -0.2) is 5.11 Å². The maximum absolute atomic E-state index is 4.96. The molecular formula is C9H16N2S. The molecule has 0 amide bonds. The van der Waals surface area contributed by atoms with Crippen LogP contribution in [0.5, 0.6) is 0 Å². The molecule has 0 saturated carbocycles. The van der Waals surface area contributed by atoms with Gasteiger partial charge < -0.3 is 10.6 Å². The molecule has 68 valence electrons. The van der Waals surface area contributed by atoms with Gasteiger partial charge in [0.25, 0.3) is 0 Å². The van der Waals surface area contributed by atoms with E-state index in [0.29, 0.717) is 5.11 Å². The SMILES string of the molecule is CC/C=C/NC(=S)N/C=C/CC. The van der Waals surface area contributed by atoms with Gasteiger partial charge >= 0.3 is 0 Å². The Labute approximate surface area is 79.7 Å². The van der Waals surface area contributed by atoms with E-state index in [2.05, 4.69) is 24.5 Å². The quantitative estimate of drug-likeness (QED) is 0.656. The van der Waals surface area contributed by atoms with Crippen LogP contribution < -0.4 is 10.6 Å². The van der Waals surface area contributed by atoms with Gasteiger partial charge in [-0.1, -0.05) is 26.0 Å². The highest BCUT2D eigenvalue weighted by atomic mass is 32.1. The molecule has 0 rings (SSSR count). The first-order chi connectivity index (χ1) is 5.81. The number of allylic oxidation sites excluding steroid dienone is 2. The van der Waals surface area contributed by atoms with E-state index in [-0.39, 0.29) is 0 Å². The number of hydrogen-bond donors (Lipinski definition) is 2. The van der Waals surface area contributed by atoms with E-state index in [9.17, 15) is 0 Å². The van der Waals surface area contributed by atoms with Gasteiger partial charge in [-0.3, -0.25) is 0 Å². The zero-order chi connectivity index (χ0) is 9.23. The van der Waals surface area contributed by atoms with Gasteiger partial charge in [0.05, 0.1) is 0 Å². The molecule has 0 saturated heterocycles. The summed E-state index contributed by atoms with van der Waals surface area (Å²) in [6.07, 6.45) is 9.74. The van der Waals surface area contributed by atoms with Crippen molar-refractivity contribution in [1.82, 2.24) is 10.6 Å². The minimum Gasteiger partial charge on any atom is -0.339 e. The van der Waals surface area contributed by atoms with Crippen LogP contribution in [0.4, 0.5) is 0 Å². The Morgan fingerprint density at radius 1 is 1.08 bits per heavy atom. The Morgan fingerprint density at radius 2 is 1.50 bits per heavy atom. The summed E-state index contributed by atoms with van der Waals surface area (Å²) in [5.74, 6) is 0. The molecule has 0 aromatic rings. The van der Waals surface area contributed by atoms with E-state index >= 15 is 0 Å². The van der Waals surface area contributed by atoms with Crippen molar-refractivity contribution in [3.8, 4) is 0 Å². The average Bonchev–Trinajstić information content (AvgIpc) is 2.06. The maximum Gasteiger partial charge on any atom is 0.174 e. The summed E-state index contributed by atoms with van der Waals surface area (Å²) in [5.41, 5.74) is 0. The largest absolute Gasteiger partial charge is 0.339 e.